The molecule has 0 bridgehead atoms. The second kappa shape index (κ2) is 10.8. The maximum Gasteiger partial charge on any atom is 0.328 e. The molecule has 4 rings (SSSR count). The van der Waals surface area contributed by atoms with Gasteiger partial charge in [0, 0.05) is 11.4 Å². The van der Waals surface area contributed by atoms with E-state index in [2.05, 4.69) is 20.6 Å². The topological polar surface area (TPSA) is 186 Å². The number of amides is 2. The molecule has 2 atom stereocenters. The SMILES string of the molecule is COc1ccc(Cl)cc1NC(=O)C[C@@H]1SC(=N[C@@H](c2ccc(O)cc2)c2c(O)[nH]c(=O)[nH]c2=O)NC1=O. The number of rotatable bonds is 7. The first-order valence-electron chi connectivity index (χ1n) is 10.7. The number of aliphatic imine (C=N–C) groups is 1. The third-order valence-corrected chi connectivity index (χ3v) is 6.60. The minimum absolute atomic E-state index is 0.0410. The zero-order chi connectivity index (χ0) is 26.7. The quantitative estimate of drug-likeness (QED) is 0.259. The number of halogens is 1. The molecular formula is C23H20ClN5O7S. The van der Waals surface area contributed by atoms with Gasteiger partial charge in [0.25, 0.3) is 5.56 Å². The molecule has 2 amide bonds. The molecule has 1 aromatic heterocycles. The molecule has 2 aromatic carbocycles. The number of methoxy groups -OCH3 is 1. The van der Waals surface area contributed by atoms with Crippen LogP contribution in [0.2, 0.25) is 5.02 Å². The van der Waals surface area contributed by atoms with E-state index in [1.807, 2.05) is 4.98 Å². The first-order valence-corrected chi connectivity index (χ1v) is 11.9. The molecule has 0 saturated carbocycles. The summed E-state index contributed by atoms with van der Waals surface area (Å²) in [6.45, 7) is 0. The number of nitrogens with zero attached hydrogens (tertiary/aromatic N) is 1. The number of amidine groups is 1. The normalized spacial score (nSPS) is 16.9. The summed E-state index contributed by atoms with van der Waals surface area (Å²) in [5.41, 5.74) is -1.35. The van der Waals surface area contributed by atoms with Crippen molar-refractivity contribution in [2.75, 3.05) is 12.4 Å². The molecule has 0 radical (unpaired) electrons. The van der Waals surface area contributed by atoms with Crippen LogP contribution < -0.4 is 26.6 Å². The fourth-order valence-corrected chi connectivity index (χ4v) is 4.73. The summed E-state index contributed by atoms with van der Waals surface area (Å²) in [6.07, 6.45) is -0.209. The average Bonchev–Trinajstić information content (AvgIpc) is 3.16. The Morgan fingerprint density at radius 3 is 2.57 bits per heavy atom. The number of hydrogen-bond donors (Lipinski definition) is 6. The number of aromatic hydroxyl groups is 2. The van der Waals surface area contributed by atoms with Crippen molar-refractivity contribution in [3.8, 4) is 17.4 Å². The van der Waals surface area contributed by atoms with E-state index in [-0.39, 0.29) is 22.9 Å². The highest BCUT2D eigenvalue weighted by molar-refractivity contribution is 8.15. The van der Waals surface area contributed by atoms with Crippen molar-refractivity contribution in [3.05, 3.63) is 79.5 Å². The molecule has 0 spiro atoms. The van der Waals surface area contributed by atoms with Gasteiger partial charge in [-0.05, 0) is 35.9 Å². The van der Waals surface area contributed by atoms with Gasteiger partial charge in [-0.2, -0.15) is 0 Å². The number of H-pyrrole nitrogens is 2. The fraction of sp³-hybridized carbons (Fsp3) is 0.174. The van der Waals surface area contributed by atoms with Crippen molar-refractivity contribution in [1.29, 1.82) is 0 Å². The number of carbonyl (C=O) groups is 2. The number of benzene rings is 2. The number of ether oxygens (including phenoxy) is 1. The Bertz CT molecular complexity index is 1500. The van der Waals surface area contributed by atoms with E-state index in [4.69, 9.17) is 16.3 Å². The number of aromatic nitrogens is 2. The monoisotopic (exact) mass is 545 g/mol. The van der Waals surface area contributed by atoms with E-state index in [9.17, 15) is 29.4 Å². The Hall–Kier alpha value is -4.23. The third-order valence-electron chi connectivity index (χ3n) is 5.27. The van der Waals surface area contributed by atoms with Crippen LogP contribution in [0, 0.1) is 0 Å². The van der Waals surface area contributed by atoms with Gasteiger partial charge in [0.1, 0.15) is 28.4 Å². The van der Waals surface area contributed by atoms with Gasteiger partial charge < -0.3 is 25.6 Å². The van der Waals surface area contributed by atoms with Crippen LogP contribution in [-0.4, -0.2) is 49.5 Å². The summed E-state index contributed by atoms with van der Waals surface area (Å²) in [5, 5.41) is 24.8. The molecule has 1 saturated heterocycles. The third kappa shape index (κ3) is 5.95. The van der Waals surface area contributed by atoms with Crippen LogP contribution >= 0.6 is 23.4 Å². The van der Waals surface area contributed by atoms with Crippen LogP contribution in [0.25, 0.3) is 0 Å². The maximum atomic E-state index is 12.6. The van der Waals surface area contributed by atoms with Crippen LogP contribution in [0.3, 0.4) is 0 Å². The van der Waals surface area contributed by atoms with Crippen molar-refractivity contribution >= 4 is 46.0 Å². The molecule has 1 fully saturated rings. The number of thioether (sulfide) groups is 1. The lowest BCUT2D eigenvalue weighted by molar-refractivity contribution is -0.122. The predicted molar refractivity (Wildman–Crippen MR) is 138 cm³/mol. The van der Waals surface area contributed by atoms with Gasteiger partial charge in [0.2, 0.25) is 17.7 Å². The van der Waals surface area contributed by atoms with Gasteiger partial charge in [-0.1, -0.05) is 35.5 Å². The van der Waals surface area contributed by atoms with Crippen LogP contribution in [-0.2, 0) is 9.59 Å². The van der Waals surface area contributed by atoms with Crippen molar-refractivity contribution in [2.45, 2.75) is 17.7 Å². The highest BCUT2D eigenvalue weighted by Gasteiger charge is 2.34. The van der Waals surface area contributed by atoms with Crippen molar-refractivity contribution in [2.24, 2.45) is 4.99 Å². The molecule has 0 unspecified atom stereocenters. The highest BCUT2D eigenvalue weighted by atomic mass is 35.5. The molecular weight excluding hydrogens is 526 g/mol. The largest absolute Gasteiger partial charge is 0.508 e. The van der Waals surface area contributed by atoms with Gasteiger partial charge in [0.15, 0.2) is 5.17 Å². The predicted octanol–water partition coefficient (Wildman–Crippen LogP) is 1.84. The number of phenols is 1. The molecule has 37 heavy (non-hydrogen) atoms. The van der Waals surface area contributed by atoms with Crippen LogP contribution in [0.5, 0.6) is 17.4 Å². The number of anilines is 1. The average molecular weight is 546 g/mol. The van der Waals surface area contributed by atoms with Crippen molar-refractivity contribution in [3.63, 3.8) is 0 Å². The van der Waals surface area contributed by atoms with E-state index in [0.29, 0.717) is 22.0 Å². The molecule has 12 nitrogen and oxygen atoms in total. The fourth-order valence-electron chi connectivity index (χ4n) is 3.57. The maximum absolute atomic E-state index is 12.6. The number of hydrogen-bond acceptors (Lipinski definition) is 9. The van der Waals surface area contributed by atoms with E-state index in [1.165, 1.54) is 37.4 Å². The Balaban J connectivity index is 1.59. The second-order valence-electron chi connectivity index (χ2n) is 7.79. The van der Waals surface area contributed by atoms with Gasteiger partial charge in [0.05, 0.1) is 12.8 Å². The van der Waals surface area contributed by atoms with Crippen LogP contribution in [0.15, 0.2) is 57.0 Å². The first kappa shape index (κ1) is 25.9. The lowest BCUT2D eigenvalue weighted by atomic mass is 10.0. The number of carbonyl (C=O) groups excluding carboxylic acids is 2. The van der Waals surface area contributed by atoms with Crippen molar-refractivity contribution in [1.82, 2.24) is 15.3 Å². The zero-order valence-electron chi connectivity index (χ0n) is 19.1. The highest BCUT2D eigenvalue weighted by Crippen LogP contribution is 2.33. The zero-order valence-corrected chi connectivity index (χ0v) is 20.6. The second-order valence-corrected chi connectivity index (χ2v) is 9.42. The molecule has 192 valence electrons. The first-order chi connectivity index (χ1) is 17.6. The van der Waals surface area contributed by atoms with Gasteiger partial charge in [-0.15, -0.1) is 0 Å². The number of nitrogens with one attached hydrogen (secondary N) is 4. The summed E-state index contributed by atoms with van der Waals surface area (Å²) in [6, 6.07) is 9.22. The number of phenolic OH excluding ortho intramolecular Hbond substituents is 1. The summed E-state index contributed by atoms with van der Waals surface area (Å²) < 4.78 is 5.21. The lowest BCUT2D eigenvalue weighted by Gasteiger charge is -2.14. The summed E-state index contributed by atoms with van der Waals surface area (Å²) >= 11 is 6.95. The molecule has 2 heterocycles. The number of aromatic amines is 2. The summed E-state index contributed by atoms with van der Waals surface area (Å²) in [5.74, 6) is -1.30. The van der Waals surface area contributed by atoms with Crippen LogP contribution in [0.4, 0.5) is 5.69 Å². The Morgan fingerprint density at radius 2 is 1.89 bits per heavy atom. The van der Waals surface area contributed by atoms with E-state index < -0.39 is 40.2 Å². The standard InChI is InChI=1S/C23H20ClN5O7S/c1-36-14-7-4-11(24)8-13(14)25-16(31)9-15-19(32)29-23(37-15)26-18(10-2-5-12(30)6-3-10)17-20(33)27-22(35)28-21(17)34/h2-8,15,18,30H,9H2,1H3,(H,25,31)(H,26,29,32)(H3,27,28,33,34,35)/t15-,18-/m0/s1. The lowest BCUT2D eigenvalue weighted by Crippen LogP contribution is -2.29. The van der Waals surface area contributed by atoms with E-state index in [1.54, 1.807) is 12.1 Å². The molecule has 14 heteroatoms. The molecule has 1 aliphatic rings. The summed E-state index contributed by atoms with van der Waals surface area (Å²) in [4.78, 5) is 57.8. The van der Waals surface area contributed by atoms with E-state index >= 15 is 0 Å². The van der Waals surface area contributed by atoms with Gasteiger partial charge >= 0.3 is 5.69 Å². The van der Waals surface area contributed by atoms with Crippen LogP contribution in [0.1, 0.15) is 23.6 Å². The Kier molecular flexibility index (Phi) is 7.55. The van der Waals surface area contributed by atoms with Gasteiger partial charge in [-0.25, -0.2) is 9.79 Å². The minimum atomic E-state index is -1.16. The summed E-state index contributed by atoms with van der Waals surface area (Å²) in [7, 11) is 1.44. The van der Waals surface area contributed by atoms with Crippen molar-refractivity contribution < 1.29 is 24.5 Å². The Morgan fingerprint density at radius 1 is 1.16 bits per heavy atom. The molecule has 6 N–H and O–H groups in total. The van der Waals surface area contributed by atoms with Gasteiger partial charge in [-0.3, -0.25) is 24.4 Å². The van der Waals surface area contributed by atoms with E-state index in [0.717, 1.165) is 11.8 Å². The Labute approximate surface area is 217 Å². The minimum Gasteiger partial charge on any atom is -0.508 e. The molecule has 0 aliphatic carbocycles. The molecule has 3 aromatic rings. The smallest absolute Gasteiger partial charge is 0.328 e. The molecule has 1 aliphatic heterocycles.